The number of amides is 1. The van der Waals surface area contributed by atoms with Crippen molar-refractivity contribution in [2.45, 2.75) is 0 Å². The van der Waals surface area contributed by atoms with Crippen LogP contribution < -0.4 is 37.2 Å². The van der Waals surface area contributed by atoms with E-state index in [2.05, 4.69) is 34.4 Å². The van der Waals surface area contributed by atoms with Crippen LogP contribution >= 0.6 is 27.5 Å². The lowest BCUT2D eigenvalue weighted by atomic mass is 9.99. The predicted molar refractivity (Wildman–Crippen MR) is 303 cm³/mol. The fourth-order valence-electron chi connectivity index (χ4n) is 7.83. The molecule has 10 aromatic rings. The lowest BCUT2D eigenvalue weighted by Crippen LogP contribution is -2.16. The first-order chi connectivity index (χ1) is 36.5. The van der Waals surface area contributed by atoms with E-state index >= 15 is 0 Å². The fraction of sp³-hybridized carbons (Fsp3) is 0.0500. The van der Waals surface area contributed by atoms with E-state index in [4.69, 9.17) is 26.8 Å². The maximum Gasteiger partial charge on any atom is 0.258 e. The van der Waals surface area contributed by atoms with Gasteiger partial charge in [-0.25, -0.2) is 8.78 Å². The lowest BCUT2D eigenvalue weighted by Gasteiger charge is -2.16. The number of fused-ring (bicyclic) bond motifs is 3. The molecule has 76 heavy (non-hydrogen) atoms. The van der Waals surface area contributed by atoms with Gasteiger partial charge in [0.25, 0.3) is 16.7 Å². The summed E-state index contributed by atoms with van der Waals surface area (Å²) in [6.07, 6.45) is 7.52. The molecule has 0 spiro atoms. The van der Waals surface area contributed by atoms with Gasteiger partial charge < -0.3 is 34.2 Å². The highest BCUT2D eigenvalue weighted by Crippen LogP contribution is 2.40. The van der Waals surface area contributed by atoms with Gasteiger partial charge in [0, 0.05) is 99.4 Å². The number of rotatable bonds is 9. The molecule has 16 heteroatoms. The van der Waals surface area contributed by atoms with Gasteiger partial charge in [0.15, 0.2) is 0 Å². The number of aromatic nitrogens is 3. The van der Waals surface area contributed by atoms with Gasteiger partial charge in [-0.05, 0) is 154 Å². The zero-order valence-corrected chi connectivity index (χ0v) is 43.4. The summed E-state index contributed by atoms with van der Waals surface area (Å²) in [6.45, 7) is 6.55. The van der Waals surface area contributed by atoms with Gasteiger partial charge in [0.1, 0.15) is 34.6 Å². The first-order valence-electron chi connectivity index (χ1n) is 23.0. The summed E-state index contributed by atoms with van der Waals surface area (Å²) in [5.41, 5.74) is 10.0. The van der Waals surface area contributed by atoms with Crippen LogP contribution in [0.4, 0.5) is 20.2 Å². The second kappa shape index (κ2) is 24.7. The van der Waals surface area contributed by atoms with Crippen LogP contribution in [0, 0.1) is 11.6 Å². The average Bonchev–Trinajstić information content (AvgIpc) is 3.42. The SMILES string of the molecule is C=CC(=O)Cl.C=CC(=O)Nc1ccc(Oc2ccc(F)cc2)c(-c2cn(C)c(=O)c3ccccc23)c1.Cn1cc(-c2cc(N)ccc2Oc2ccc(F)cc2)c2ccccc2c1=O.Cn1cc(Br)c2ccccc2c1=O. The average molecular weight is 1100 g/mol. The molecule has 1 amide bonds. The zero-order chi connectivity index (χ0) is 54.6. The number of pyridine rings is 3. The van der Waals surface area contributed by atoms with E-state index in [1.165, 1.54) is 47.0 Å². The van der Waals surface area contributed by atoms with Crippen LogP contribution in [0.1, 0.15) is 0 Å². The van der Waals surface area contributed by atoms with Gasteiger partial charge in [-0.15, -0.1) is 0 Å². The van der Waals surface area contributed by atoms with Crippen LogP contribution in [-0.2, 0) is 30.7 Å². The lowest BCUT2D eigenvalue weighted by molar-refractivity contribution is -0.112. The Morgan fingerprint density at radius 1 is 0.539 bits per heavy atom. The largest absolute Gasteiger partial charge is 0.457 e. The van der Waals surface area contributed by atoms with Crippen LogP contribution in [-0.4, -0.2) is 24.9 Å². The molecular formula is C60H47BrClF2N5O7. The van der Waals surface area contributed by atoms with Gasteiger partial charge >= 0.3 is 0 Å². The number of nitrogens with two attached hydrogens (primary N) is 1. The number of ether oxygens (including phenoxy) is 2. The number of nitrogens with one attached hydrogen (secondary N) is 1. The Bertz CT molecular complexity index is 4010. The molecule has 0 aliphatic rings. The Hall–Kier alpha value is -9.18. The highest BCUT2D eigenvalue weighted by atomic mass is 79.9. The Balaban J connectivity index is 0.000000169. The van der Waals surface area contributed by atoms with Gasteiger partial charge in [-0.1, -0.05) is 67.8 Å². The number of benzene rings is 7. The molecule has 0 atom stereocenters. The molecule has 3 N–H and O–H groups in total. The summed E-state index contributed by atoms with van der Waals surface area (Å²) in [5.74, 6) is 0.995. The van der Waals surface area contributed by atoms with Crippen LogP contribution in [0.5, 0.6) is 23.0 Å². The molecule has 0 aliphatic carbocycles. The van der Waals surface area contributed by atoms with E-state index in [-0.39, 0.29) is 34.2 Å². The van der Waals surface area contributed by atoms with Crippen molar-refractivity contribution >= 4 is 82.4 Å². The molecule has 3 heterocycles. The summed E-state index contributed by atoms with van der Waals surface area (Å²) >= 11 is 8.13. The summed E-state index contributed by atoms with van der Waals surface area (Å²) in [4.78, 5) is 57.9. The normalized spacial score (nSPS) is 10.5. The highest BCUT2D eigenvalue weighted by Gasteiger charge is 2.17. The summed E-state index contributed by atoms with van der Waals surface area (Å²) in [6, 6.07) is 44.3. The molecule has 382 valence electrons. The summed E-state index contributed by atoms with van der Waals surface area (Å²) in [5, 5.41) is 6.70. The third-order valence-electron chi connectivity index (χ3n) is 11.5. The Morgan fingerprint density at radius 3 is 1.36 bits per heavy atom. The third-order valence-corrected chi connectivity index (χ3v) is 12.3. The zero-order valence-electron chi connectivity index (χ0n) is 41.1. The highest BCUT2D eigenvalue weighted by molar-refractivity contribution is 9.10. The molecule has 12 nitrogen and oxygen atoms in total. The number of allylic oxidation sites excluding steroid dienone is 1. The molecule has 0 radical (unpaired) electrons. The van der Waals surface area contributed by atoms with Crippen LogP contribution in [0.25, 0.3) is 54.6 Å². The molecule has 7 aromatic carbocycles. The number of hydrogen-bond donors (Lipinski definition) is 2. The van der Waals surface area contributed by atoms with Gasteiger partial charge in [-0.3, -0.25) is 24.0 Å². The number of nitrogen functional groups attached to an aromatic ring is 1. The second-order valence-electron chi connectivity index (χ2n) is 16.7. The molecule has 10 rings (SSSR count). The van der Waals surface area contributed by atoms with E-state index in [0.29, 0.717) is 50.7 Å². The Labute approximate surface area is 447 Å². The van der Waals surface area contributed by atoms with Crippen molar-refractivity contribution in [2.75, 3.05) is 11.1 Å². The van der Waals surface area contributed by atoms with Crippen molar-refractivity contribution in [3.05, 3.63) is 249 Å². The van der Waals surface area contributed by atoms with Gasteiger partial charge in [0.2, 0.25) is 11.1 Å². The number of aryl methyl sites for hydroxylation is 3. The van der Waals surface area contributed by atoms with Crippen molar-refractivity contribution in [1.82, 2.24) is 13.7 Å². The quantitative estimate of drug-likeness (QED) is 0.0822. The number of carbonyl (C=O) groups is 2. The molecule has 0 fully saturated rings. The molecule has 0 aliphatic heterocycles. The van der Waals surface area contributed by atoms with E-state index in [1.807, 2.05) is 66.7 Å². The number of nitrogens with zero attached hydrogens (tertiary/aromatic N) is 3. The monoisotopic (exact) mass is 1100 g/mol. The standard InChI is InChI=1S/C25H19FN2O3.C22H17FN2O2.C10H8BrNO.C3H3ClO/c1-3-24(29)27-17-10-13-23(31-18-11-8-16(26)9-12-18)21(14-17)22-15-28(2)25(30)20-7-5-4-6-19(20)22;1-25-13-20(17-4-2-3-5-18(17)22(25)26)19-12-15(24)8-11-21(19)27-16-9-6-14(23)7-10-16;1-12-6-9(11)7-4-2-3-5-8(7)10(12)13;1-2-3(4)5/h3-15H,1H2,2H3,(H,27,29);2-13H,24H2,1H3;2-6H,1H3;2H,1H2. The van der Waals surface area contributed by atoms with E-state index < -0.39 is 5.24 Å². The number of hydrogen-bond acceptors (Lipinski definition) is 8. The van der Waals surface area contributed by atoms with Crippen molar-refractivity contribution in [2.24, 2.45) is 21.1 Å². The second-order valence-corrected chi connectivity index (χ2v) is 18.0. The van der Waals surface area contributed by atoms with Crippen LogP contribution in [0.3, 0.4) is 0 Å². The van der Waals surface area contributed by atoms with Crippen molar-refractivity contribution in [3.8, 4) is 45.3 Å². The van der Waals surface area contributed by atoms with Crippen molar-refractivity contribution in [1.29, 1.82) is 0 Å². The third kappa shape index (κ3) is 13.1. The van der Waals surface area contributed by atoms with E-state index in [1.54, 1.807) is 103 Å². The van der Waals surface area contributed by atoms with Crippen LogP contribution in [0.2, 0.25) is 0 Å². The van der Waals surface area contributed by atoms with Crippen LogP contribution in [0.15, 0.2) is 220 Å². The number of carbonyl (C=O) groups excluding carboxylic acids is 2. The predicted octanol–water partition coefficient (Wildman–Crippen LogP) is 13.2. The first kappa shape index (κ1) is 54.6. The Morgan fingerprint density at radius 2 is 0.921 bits per heavy atom. The summed E-state index contributed by atoms with van der Waals surface area (Å²) in [7, 11) is 5.15. The number of anilines is 2. The maximum atomic E-state index is 13.3. The minimum Gasteiger partial charge on any atom is -0.457 e. The molecule has 0 saturated heterocycles. The van der Waals surface area contributed by atoms with Crippen molar-refractivity contribution < 1.29 is 27.8 Å². The van der Waals surface area contributed by atoms with E-state index in [0.717, 1.165) is 48.8 Å². The topological polar surface area (TPSA) is 157 Å². The van der Waals surface area contributed by atoms with Crippen molar-refractivity contribution in [3.63, 3.8) is 0 Å². The van der Waals surface area contributed by atoms with Gasteiger partial charge in [0.05, 0.1) is 0 Å². The minimum atomic E-state index is -0.509. The maximum absolute atomic E-state index is 13.3. The Kier molecular flexibility index (Phi) is 17.7. The van der Waals surface area contributed by atoms with E-state index in [9.17, 15) is 32.8 Å². The number of halogens is 4. The molecule has 3 aromatic heterocycles. The molecular weight excluding hydrogens is 1060 g/mol. The summed E-state index contributed by atoms with van der Waals surface area (Å²) < 4.78 is 44.1. The molecule has 0 unspecified atom stereocenters. The molecule has 0 saturated carbocycles. The smallest absolute Gasteiger partial charge is 0.258 e. The fourth-order valence-corrected chi connectivity index (χ4v) is 8.49. The van der Waals surface area contributed by atoms with Gasteiger partial charge in [-0.2, -0.15) is 0 Å². The first-order valence-corrected chi connectivity index (χ1v) is 24.2. The molecule has 0 bridgehead atoms. The minimum absolute atomic E-state index is 0.0406.